The van der Waals surface area contributed by atoms with Gasteiger partial charge in [-0.05, 0) is 74.6 Å². The minimum Gasteiger partial charge on any atom is -0.487 e. The van der Waals surface area contributed by atoms with E-state index in [0.29, 0.717) is 47.5 Å². The highest BCUT2D eigenvalue weighted by Crippen LogP contribution is 2.36. The number of hydrogen-bond donors (Lipinski definition) is 1. The van der Waals surface area contributed by atoms with E-state index in [0.717, 1.165) is 54.9 Å². The number of nitrogens with one attached hydrogen (secondary N) is 1. The Hall–Kier alpha value is -4.18. The summed E-state index contributed by atoms with van der Waals surface area (Å²) in [5.41, 5.74) is 2.40. The van der Waals surface area contributed by atoms with Crippen LogP contribution in [0.1, 0.15) is 57.5 Å². The summed E-state index contributed by atoms with van der Waals surface area (Å²) in [6.45, 7) is 9.09. The van der Waals surface area contributed by atoms with Gasteiger partial charge in [0.2, 0.25) is 5.95 Å². The lowest BCUT2D eigenvalue weighted by Crippen LogP contribution is -2.51. The van der Waals surface area contributed by atoms with Crippen LogP contribution in [-0.2, 0) is 17.9 Å². The quantitative estimate of drug-likeness (QED) is 0.167. The number of tetrazole rings is 1. The first-order chi connectivity index (χ1) is 23.9. The van der Waals surface area contributed by atoms with Crippen molar-refractivity contribution in [2.24, 2.45) is 0 Å². The molecule has 1 unspecified atom stereocenters. The number of rotatable bonds is 12. The highest BCUT2D eigenvalue weighted by molar-refractivity contribution is 7.09. The number of thiazole rings is 1. The average Bonchev–Trinajstić information content (AvgIpc) is 3.89. The van der Waals surface area contributed by atoms with Crippen molar-refractivity contribution in [3.8, 4) is 22.8 Å². The molecule has 0 radical (unpaired) electrons. The molecule has 1 aliphatic heterocycles. The molecule has 0 amide bonds. The van der Waals surface area contributed by atoms with E-state index in [9.17, 15) is 0 Å². The van der Waals surface area contributed by atoms with Gasteiger partial charge in [0.15, 0.2) is 0 Å². The van der Waals surface area contributed by atoms with E-state index in [1.807, 2.05) is 35.3 Å². The van der Waals surface area contributed by atoms with Gasteiger partial charge in [-0.3, -0.25) is 9.58 Å². The third kappa shape index (κ3) is 8.35. The third-order valence-corrected chi connectivity index (χ3v) is 9.91. The molecule has 2 aliphatic rings. The predicted octanol–water partition coefficient (Wildman–Crippen LogP) is 5.82. The molecule has 1 saturated carbocycles. The van der Waals surface area contributed by atoms with E-state index in [-0.39, 0.29) is 24.4 Å². The van der Waals surface area contributed by atoms with Crippen molar-refractivity contribution in [1.82, 2.24) is 49.8 Å². The van der Waals surface area contributed by atoms with Crippen LogP contribution in [0, 0.1) is 0 Å². The Morgan fingerprint density at radius 2 is 1.82 bits per heavy atom. The monoisotopic (exact) mass is 705 g/mol. The molecule has 16 heteroatoms. The van der Waals surface area contributed by atoms with Crippen molar-refractivity contribution in [2.75, 3.05) is 18.4 Å². The summed E-state index contributed by atoms with van der Waals surface area (Å²) >= 11 is 8.02. The molecule has 14 nitrogen and oxygen atoms in total. The van der Waals surface area contributed by atoms with Gasteiger partial charge in [0, 0.05) is 48.7 Å². The largest absolute Gasteiger partial charge is 0.487 e. The summed E-state index contributed by atoms with van der Waals surface area (Å²) in [7, 11) is 0. The second kappa shape index (κ2) is 15.2. The molecule has 4 aromatic heterocycles. The van der Waals surface area contributed by atoms with Gasteiger partial charge >= 0.3 is 0 Å². The zero-order valence-corrected chi connectivity index (χ0v) is 29.3. The van der Waals surface area contributed by atoms with Crippen molar-refractivity contribution >= 4 is 34.6 Å². The van der Waals surface area contributed by atoms with Gasteiger partial charge in [-0.1, -0.05) is 17.7 Å². The number of ether oxygens (including phenoxy) is 3. The van der Waals surface area contributed by atoms with Crippen LogP contribution in [0.2, 0.25) is 5.02 Å². The fraction of sp³-hybridized carbons (Fsp3) is 0.485. The van der Waals surface area contributed by atoms with Gasteiger partial charge in [0.25, 0.3) is 5.88 Å². The fourth-order valence-electron chi connectivity index (χ4n) is 6.63. The Morgan fingerprint density at radius 1 is 1.04 bits per heavy atom. The number of anilines is 2. The molecule has 1 N–H and O–H groups in total. The minimum atomic E-state index is -0.209. The van der Waals surface area contributed by atoms with Crippen LogP contribution in [-0.4, -0.2) is 87.3 Å². The summed E-state index contributed by atoms with van der Waals surface area (Å²) in [4.78, 5) is 16.2. The molecule has 2 fully saturated rings. The molecule has 5 heterocycles. The van der Waals surface area contributed by atoms with E-state index >= 15 is 0 Å². The Labute approximate surface area is 293 Å². The topological polar surface area (TPSA) is 143 Å². The van der Waals surface area contributed by atoms with E-state index in [1.165, 1.54) is 0 Å². The maximum Gasteiger partial charge on any atom is 0.257 e. The maximum atomic E-state index is 6.47. The number of halogens is 1. The van der Waals surface area contributed by atoms with Crippen molar-refractivity contribution in [3.63, 3.8) is 0 Å². The third-order valence-electron chi connectivity index (χ3n) is 8.85. The second-order valence-electron chi connectivity index (χ2n) is 12.7. The molecule has 49 heavy (non-hydrogen) atoms. The number of aromatic nitrogens is 9. The van der Waals surface area contributed by atoms with Gasteiger partial charge in [-0.25, -0.2) is 19.6 Å². The molecule has 258 valence electrons. The second-order valence-corrected chi connectivity index (χ2v) is 14.1. The highest BCUT2D eigenvalue weighted by Gasteiger charge is 2.32. The van der Waals surface area contributed by atoms with Gasteiger partial charge in [-0.2, -0.15) is 0 Å². The van der Waals surface area contributed by atoms with Crippen LogP contribution in [0.4, 0.5) is 11.6 Å². The first-order valence-electron chi connectivity index (χ1n) is 16.6. The smallest absolute Gasteiger partial charge is 0.257 e. The molecular formula is C33H40ClN11O3S. The van der Waals surface area contributed by atoms with Crippen molar-refractivity contribution in [3.05, 3.63) is 64.7 Å². The van der Waals surface area contributed by atoms with Gasteiger partial charge in [0.05, 0.1) is 36.0 Å². The van der Waals surface area contributed by atoms with Gasteiger partial charge in [0.1, 0.15) is 35.5 Å². The van der Waals surface area contributed by atoms with Crippen LogP contribution >= 0.6 is 22.9 Å². The summed E-state index contributed by atoms with van der Waals surface area (Å²) in [5.74, 6) is 1.48. The van der Waals surface area contributed by atoms with E-state index in [4.69, 9.17) is 30.9 Å². The van der Waals surface area contributed by atoms with Crippen molar-refractivity contribution in [1.29, 1.82) is 0 Å². The zero-order valence-electron chi connectivity index (χ0n) is 27.7. The summed E-state index contributed by atoms with van der Waals surface area (Å²) in [5, 5.41) is 22.8. The van der Waals surface area contributed by atoms with Gasteiger partial charge < -0.3 is 19.5 Å². The summed E-state index contributed by atoms with van der Waals surface area (Å²) in [6.07, 6.45) is 13.6. The molecule has 1 saturated heterocycles. The molecule has 3 atom stereocenters. The van der Waals surface area contributed by atoms with Crippen LogP contribution in [0.5, 0.6) is 11.6 Å². The number of benzene rings is 1. The van der Waals surface area contributed by atoms with Gasteiger partial charge in [-0.15, -0.1) is 21.5 Å². The Bertz CT molecular complexity index is 1770. The van der Waals surface area contributed by atoms with E-state index in [1.54, 1.807) is 47.0 Å². The van der Waals surface area contributed by atoms with Crippen LogP contribution in [0.3, 0.4) is 0 Å². The first kappa shape index (κ1) is 33.3. The minimum absolute atomic E-state index is 0.209. The fourth-order valence-corrected chi connectivity index (χ4v) is 7.32. The van der Waals surface area contributed by atoms with Crippen molar-refractivity contribution < 1.29 is 14.2 Å². The molecule has 5 aromatic rings. The Morgan fingerprint density at radius 3 is 2.53 bits per heavy atom. The number of hydrogen-bond acceptors (Lipinski definition) is 13. The molecule has 1 aliphatic carbocycles. The van der Waals surface area contributed by atoms with Crippen LogP contribution in [0.15, 0.2) is 54.7 Å². The lowest BCUT2D eigenvalue weighted by Gasteiger charge is -2.42. The standard InChI is InChI=1S/C33H40ClN11O3S/c1-21-15-43(16-22(2)47-21)26-5-7-27(8-6-26)45-18-29(32(40-45)46-19-31-35-10-11-49-31)39-33-36-13-25(14-37-33)24-4-9-28(34)30(12-24)48-23(3)17-44-20-38-41-42-44/h4,9-14,18,20-23,26-27H,5-8,15-17,19H2,1-3H3,(H,36,37,39)/t21-,22+,23?,26?,27?. The predicted molar refractivity (Wildman–Crippen MR) is 185 cm³/mol. The molecule has 0 spiro atoms. The molecule has 1 aromatic carbocycles. The summed E-state index contributed by atoms with van der Waals surface area (Å²) in [6, 6.07) is 6.46. The van der Waals surface area contributed by atoms with E-state index < -0.39 is 0 Å². The van der Waals surface area contributed by atoms with Crippen LogP contribution < -0.4 is 14.8 Å². The number of nitrogens with zero attached hydrogens (tertiary/aromatic N) is 10. The summed E-state index contributed by atoms with van der Waals surface area (Å²) < 4.78 is 21.9. The SMILES string of the molecule is CC(Cn1cnnn1)Oc1cc(-c2cnc(Nc3cn(C4CCC(N5C[C@@H](C)O[C@@H](C)C5)CC4)nc3OCc3nccs3)nc2)ccc1Cl. The first-order valence-corrected chi connectivity index (χ1v) is 17.9. The molecule has 0 bridgehead atoms. The normalized spacial score (nSPS) is 22.1. The Balaban J connectivity index is 1.03. The zero-order chi connectivity index (χ0) is 33.7. The van der Waals surface area contributed by atoms with Crippen molar-refractivity contribution in [2.45, 2.75) is 90.0 Å². The van der Waals surface area contributed by atoms with Crippen LogP contribution in [0.25, 0.3) is 11.1 Å². The van der Waals surface area contributed by atoms with E-state index in [2.05, 4.69) is 54.5 Å². The Kier molecular flexibility index (Phi) is 10.3. The molecular weight excluding hydrogens is 666 g/mol. The lowest BCUT2D eigenvalue weighted by atomic mass is 9.89. The highest BCUT2D eigenvalue weighted by atomic mass is 35.5. The molecule has 7 rings (SSSR count). The lowest BCUT2D eigenvalue weighted by molar-refractivity contribution is -0.0852. The maximum absolute atomic E-state index is 6.47. The number of morpholine rings is 1. The average molecular weight is 706 g/mol.